The molecule has 0 atom stereocenters. The van der Waals surface area contributed by atoms with Crippen molar-refractivity contribution in [3.8, 4) is 0 Å². The summed E-state index contributed by atoms with van der Waals surface area (Å²) in [7, 11) is 0. The van der Waals surface area contributed by atoms with Crippen LogP contribution < -0.4 is 3.78 Å². The standard InChI is InChI=1S/C4H3S.ClH.Mn/c1-2-4-5-3-1;;/h1-3H;1H;. The van der Waals surface area contributed by atoms with Gasteiger partial charge >= 0.3 is 48.6 Å². The van der Waals surface area contributed by atoms with Crippen molar-refractivity contribution in [1.82, 2.24) is 0 Å². The number of hydrogen-bond acceptors (Lipinski definition) is 1. The van der Waals surface area contributed by atoms with Gasteiger partial charge < -0.3 is 0 Å². The molecule has 0 aliphatic heterocycles. The van der Waals surface area contributed by atoms with Gasteiger partial charge in [-0.15, -0.1) is 12.4 Å². The fourth-order valence-electron chi connectivity index (χ4n) is 0.259. The molecule has 0 bridgehead atoms. The van der Waals surface area contributed by atoms with Gasteiger partial charge in [-0.1, -0.05) is 0 Å². The van der Waals surface area contributed by atoms with Gasteiger partial charge in [0.1, 0.15) is 0 Å². The molecule has 0 unspecified atom stereocenters. The van der Waals surface area contributed by atoms with Crippen LogP contribution in [0, 0.1) is 0 Å². The summed E-state index contributed by atoms with van der Waals surface area (Å²) in [6.45, 7) is 0. The van der Waals surface area contributed by atoms with E-state index in [0.717, 1.165) is 0 Å². The van der Waals surface area contributed by atoms with Crippen LogP contribution in [0.25, 0.3) is 0 Å². The molecule has 7 heavy (non-hydrogen) atoms. The molecular formula is C4H4ClMnS. The maximum absolute atomic E-state index is 3.30. The van der Waals surface area contributed by atoms with Crippen LogP contribution in [0.1, 0.15) is 0 Å². The van der Waals surface area contributed by atoms with E-state index >= 15 is 0 Å². The summed E-state index contributed by atoms with van der Waals surface area (Å²) in [5, 5.41) is 2.03. The first kappa shape index (κ1) is 7.51. The zero-order valence-electron chi connectivity index (χ0n) is 3.43. The molecule has 0 fully saturated rings. The molecule has 0 amide bonds. The van der Waals surface area contributed by atoms with Gasteiger partial charge in [-0.05, 0) is 0 Å². The molecule has 0 N–H and O–H groups in total. The number of hydrogen-bond donors (Lipinski definition) is 0. The van der Waals surface area contributed by atoms with Crippen molar-refractivity contribution in [1.29, 1.82) is 0 Å². The average Bonchev–Trinajstić information content (AvgIpc) is 1.86. The monoisotopic (exact) mass is 174 g/mol. The van der Waals surface area contributed by atoms with E-state index in [4.69, 9.17) is 0 Å². The van der Waals surface area contributed by atoms with Crippen molar-refractivity contribution >= 4 is 27.5 Å². The first-order valence-corrected chi connectivity index (χ1v) is 3.05. The second-order valence-corrected chi connectivity index (χ2v) is 2.88. The molecule has 1 heterocycles. The van der Waals surface area contributed by atoms with Gasteiger partial charge in [-0.25, -0.2) is 0 Å². The molecule has 1 aromatic rings. The Balaban J connectivity index is 0.000000360. The number of halogens is 1. The van der Waals surface area contributed by atoms with Crippen LogP contribution in [-0.2, 0) is 16.0 Å². The van der Waals surface area contributed by atoms with E-state index in [9.17, 15) is 0 Å². The Morgan fingerprint density at radius 3 is 2.43 bits per heavy atom. The van der Waals surface area contributed by atoms with Crippen molar-refractivity contribution in [3.63, 3.8) is 0 Å². The SMILES string of the molecule is Cl.[Mn][c]1cccs1. The summed E-state index contributed by atoms with van der Waals surface area (Å²) in [5.74, 6) is 0. The molecule has 0 aromatic carbocycles. The van der Waals surface area contributed by atoms with E-state index in [1.54, 1.807) is 11.3 Å². The van der Waals surface area contributed by atoms with Crippen molar-refractivity contribution in [2.45, 2.75) is 0 Å². The van der Waals surface area contributed by atoms with E-state index in [1.165, 1.54) is 3.78 Å². The van der Waals surface area contributed by atoms with Crippen molar-refractivity contribution < 1.29 is 16.0 Å². The van der Waals surface area contributed by atoms with Gasteiger partial charge in [-0.2, -0.15) is 0 Å². The Morgan fingerprint density at radius 1 is 1.57 bits per heavy atom. The molecule has 3 heteroatoms. The molecule has 0 saturated heterocycles. The van der Waals surface area contributed by atoms with Crippen LogP contribution >= 0.6 is 23.7 Å². The Kier molecular flexibility index (Phi) is 3.76. The molecular weight excluding hydrogens is 171 g/mol. The third kappa shape index (κ3) is 2.35. The van der Waals surface area contributed by atoms with Crippen LogP contribution in [0.3, 0.4) is 0 Å². The summed E-state index contributed by atoms with van der Waals surface area (Å²) in [5.41, 5.74) is 0. The summed E-state index contributed by atoms with van der Waals surface area (Å²) < 4.78 is 1.20. The maximum atomic E-state index is 3.30. The normalized spacial score (nSPS) is 7.57. The van der Waals surface area contributed by atoms with Gasteiger partial charge in [0.15, 0.2) is 0 Å². The predicted octanol–water partition coefficient (Wildman–Crippen LogP) is 1.34. The minimum absolute atomic E-state index is 0. The van der Waals surface area contributed by atoms with E-state index in [-0.39, 0.29) is 12.4 Å². The third-order valence-corrected chi connectivity index (χ3v) is 1.76. The molecule has 1 aromatic heterocycles. The van der Waals surface area contributed by atoms with Crippen LogP contribution in [-0.4, -0.2) is 0 Å². The minimum atomic E-state index is 0. The van der Waals surface area contributed by atoms with Gasteiger partial charge in [0, 0.05) is 0 Å². The van der Waals surface area contributed by atoms with Crippen molar-refractivity contribution in [3.05, 3.63) is 17.5 Å². The molecule has 0 spiro atoms. The Bertz CT molecular complexity index is 115. The molecule has 40 valence electrons. The van der Waals surface area contributed by atoms with E-state index < -0.39 is 0 Å². The zero-order valence-corrected chi connectivity index (χ0v) is 6.24. The quantitative estimate of drug-likeness (QED) is 0.521. The summed E-state index contributed by atoms with van der Waals surface area (Å²) in [6, 6.07) is 4.03. The number of thiophene rings is 1. The summed E-state index contributed by atoms with van der Waals surface area (Å²) in [6.07, 6.45) is 0. The van der Waals surface area contributed by atoms with Crippen molar-refractivity contribution in [2.75, 3.05) is 0 Å². The summed E-state index contributed by atoms with van der Waals surface area (Å²) >= 11 is 4.99. The number of rotatable bonds is 0. The zero-order chi connectivity index (χ0) is 4.41. The third-order valence-electron chi connectivity index (χ3n) is 0.486. The van der Waals surface area contributed by atoms with Gasteiger partial charge in [-0.3, -0.25) is 0 Å². The molecule has 0 aliphatic carbocycles. The first-order chi connectivity index (χ1) is 2.89. The Morgan fingerprint density at radius 2 is 2.29 bits per heavy atom. The van der Waals surface area contributed by atoms with Crippen molar-refractivity contribution in [2.24, 2.45) is 0 Å². The topological polar surface area (TPSA) is 0 Å². The first-order valence-electron chi connectivity index (χ1n) is 1.58. The fraction of sp³-hybridized carbons (Fsp3) is 0. The molecule has 0 nitrogen and oxygen atoms in total. The predicted molar refractivity (Wildman–Crippen MR) is 31.2 cm³/mol. The van der Waals surface area contributed by atoms with E-state index in [0.29, 0.717) is 0 Å². The van der Waals surface area contributed by atoms with Gasteiger partial charge in [0.2, 0.25) is 0 Å². The molecule has 0 saturated carbocycles. The molecule has 1 rings (SSSR count). The van der Waals surface area contributed by atoms with Crippen LogP contribution in [0.5, 0.6) is 0 Å². The Labute approximate surface area is 61.2 Å². The molecule has 0 radical (unpaired) electrons. The molecule has 0 aliphatic rings. The van der Waals surface area contributed by atoms with E-state index in [1.807, 2.05) is 17.5 Å². The van der Waals surface area contributed by atoms with Crippen LogP contribution in [0.15, 0.2) is 17.5 Å². The van der Waals surface area contributed by atoms with Crippen LogP contribution in [0.2, 0.25) is 0 Å². The average molecular weight is 175 g/mol. The Hall–Kier alpha value is 0.509. The van der Waals surface area contributed by atoms with Gasteiger partial charge in [0.05, 0.1) is 0 Å². The van der Waals surface area contributed by atoms with Gasteiger partial charge in [0.25, 0.3) is 0 Å². The van der Waals surface area contributed by atoms with Crippen LogP contribution in [0.4, 0.5) is 0 Å². The fourth-order valence-corrected chi connectivity index (χ4v) is 1.06. The second-order valence-electron chi connectivity index (χ2n) is 0.917. The van der Waals surface area contributed by atoms with E-state index in [2.05, 4.69) is 16.0 Å². The summed E-state index contributed by atoms with van der Waals surface area (Å²) in [4.78, 5) is 0. The second kappa shape index (κ2) is 3.50.